The van der Waals surface area contributed by atoms with E-state index in [-0.39, 0.29) is 5.91 Å². The fourth-order valence-electron chi connectivity index (χ4n) is 3.23. The summed E-state index contributed by atoms with van der Waals surface area (Å²) in [5.74, 6) is 1.81. The normalized spacial score (nSPS) is 20.4. The molecule has 0 spiro atoms. The molecule has 3 heterocycles. The van der Waals surface area contributed by atoms with Crippen molar-refractivity contribution in [1.29, 1.82) is 0 Å². The molecule has 0 aliphatic carbocycles. The van der Waals surface area contributed by atoms with E-state index in [9.17, 15) is 4.79 Å². The molecule has 152 valence electrons. The van der Waals surface area contributed by atoms with E-state index in [1.54, 1.807) is 4.90 Å². The average molecular weight is 412 g/mol. The number of thioether (sulfide) groups is 1. The standard InChI is InChI=1S/C22H25N3O3S/c1-16(2)15-25-21(26)19(29-22(25)23-17-6-4-3-5-7-17)14-18-8-9-20(28-18)24-10-12-27-13-11-24/h3-9,14,16H,10-13,15H2,1-2H3/b19-14-,23-22?. The molecule has 0 N–H and O–H groups in total. The van der Waals surface area contributed by atoms with Gasteiger partial charge in [-0.05, 0) is 35.9 Å². The van der Waals surface area contributed by atoms with Crippen LogP contribution < -0.4 is 4.90 Å². The van der Waals surface area contributed by atoms with Gasteiger partial charge < -0.3 is 14.1 Å². The quantitative estimate of drug-likeness (QED) is 0.684. The van der Waals surface area contributed by atoms with Crippen LogP contribution in [0.25, 0.3) is 6.08 Å². The van der Waals surface area contributed by atoms with E-state index in [0.29, 0.717) is 41.5 Å². The van der Waals surface area contributed by atoms with Crippen molar-refractivity contribution in [2.24, 2.45) is 10.9 Å². The molecule has 0 unspecified atom stereocenters. The highest BCUT2D eigenvalue weighted by molar-refractivity contribution is 8.18. The lowest BCUT2D eigenvalue weighted by atomic mass is 10.2. The number of amides is 1. The number of morpholine rings is 1. The smallest absolute Gasteiger partial charge is 0.266 e. The summed E-state index contributed by atoms with van der Waals surface area (Å²) in [6.45, 7) is 7.86. The van der Waals surface area contributed by atoms with Crippen LogP contribution in [0.1, 0.15) is 19.6 Å². The highest BCUT2D eigenvalue weighted by Crippen LogP contribution is 2.35. The van der Waals surface area contributed by atoms with Crippen LogP contribution in [0.3, 0.4) is 0 Å². The summed E-state index contributed by atoms with van der Waals surface area (Å²) in [7, 11) is 0. The van der Waals surface area contributed by atoms with Gasteiger partial charge in [0.15, 0.2) is 11.1 Å². The number of amidine groups is 1. The number of para-hydroxylation sites is 1. The minimum absolute atomic E-state index is 0.0253. The van der Waals surface area contributed by atoms with Gasteiger partial charge in [0.25, 0.3) is 5.91 Å². The summed E-state index contributed by atoms with van der Waals surface area (Å²) < 4.78 is 11.4. The molecule has 0 saturated carbocycles. The van der Waals surface area contributed by atoms with E-state index >= 15 is 0 Å². The first-order valence-corrected chi connectivity index (χ1v) is 10.7. The van der Waals surface area contributed by atoms with Crippen LogP contribution in [0.2, 0.25) is 0 Å². The zero-order chi connectivity index (χ0) is 20.2. The van der Waals surface area contributed by atoms with Crippen LogP contribution in [0.5, 0.6) is 0 Å². The molecule has 2 aliphatic heterocycles. The molecule has 2 saturated heterocycles. The van der Waals surface area contributed by atoms with Gasteiger partial charge in [0.05, 0.1) is 23.8 Å². The number of benzene rings is 1. The van der Waals surface area contributed by atoms with Gasteiger partial charge in [-0.1, -0.05) is 32.0 Å². The number of ether oxygens (including phenoxy) is 1. The summed E-state index contributed by atoms with van der Waals surface area (Å²) in [5.41, 5.74) is 0.838. The molecule has 7 heteroatoms. The van der Waals surface area contributed by atoms with Crippen molar-refractivity contribution >= 4 is 40.5 Å². The van der Waals surface area contributed by atoms with Gasteiger partial charge in [0.2, 0.25) is 0 Å². The minimum Gasteiger partial charge on any atom is -0.441 e. The molecule has 2 aromatic rings. The Hall–Kier alpha value is -2.51. The molecule has 0 radical (unpaired) electrons. The molecule has 2 fully saturated rings. The lowest BCUT2D eigenvalue weighted by molar-refractivity contribution is -0.122. The maximum atomic E-state index is 13.0. The Balaban J connectivity index is 1.58. The molecule has 29 heavy (non-hydrogen) atoms. The first-order valence-electron chi connectivity index (χ1n) is 9.88. The molecule has 1 aromatic carbocycles. The molecular weight excluding hydrogens is 386 g/mol. The molecule has 6 nitrogen and oxygen atoms in total. The Morgan fingerprint density at radius 3 is 2.62 bits per heavy atom. The summed E-state index contributed by atoms with van der Waals surface area (Å²) in [5, 5.41) is 0.709. The Labute approximate surface area is 175 Å². The van der Waals surface area contributed by atoms with Crippen molar-refractivity contribution in [2.45, 2.75) is 13.8 Å². The van der Waals surface area contributed by atoms with Crippen molar-refractivity contribution in [1.82, 2.24) is 4.90 Å². The van der Waals surface area contributed by atoms with Crippen molar-refractivity contribution in [2.75, 3.05) is 37.7 Å². The third kappa shape index (κ3) is 4.74. The molecule has 0 atom stereocenters. The number of nitrogens with zero attached hydrogens (tertiary/aromatic N) is 3. The molecular formula is C22H25N3O3S. The number of furan rings is 1. The van der Waals surface area contributed by atoms with Gasteiger partial charge in [-0.25, -0.2) is 4.99 Å². The second-order valence-corrected chi connectivity index (χ2v) is 8.43. The third-order valence-electron chi connectivity index (χ3n) is 4.63. The molecule has 4 rings (SSSR count). The fraction of sp³-hybridized carbons (Fsp3) is 0.364. The summed E-state index contributed by atoms with van der Waals surface area (Å²) in [4.78, 5) is 22.3. The van der Waals surface area contributed by atoms with Gasteiger partial charge in [-0.2, -0.15) is 0 Å². The van der Waals surface area contributed by atoms with Crippen molar-refractivity contribution < 1.29 is 13.9 Å². The summed E-state index contributed by atoms with van der Waals surface area (Å²) in [6, 6.07) is 13.6. The average Bonchev–Trinajstić information content (AvgIpc) is 3.30. The monoisotopic (exact) mass is 411 g/mol. The van der Waals surface area contributed by atoms with Crippen LogP contribution >= 0.6 is 11.8 Å². The number of carbonyl (C=O) groups is 1. The zero-order valence-electron chi connectivity index (χ0n) is 16.7. The number of rotatable bonds is 5. The highest BCUT2D eigenvalue weighted by Gasteiger charge is 2.34. The fourth-order valence-corrected chi connectivity index (χ4v) is 4.22. The summed E-state index contributed by atoms with van der Waals surface area (Å²) in [6.07, 6.45) is 1.82. The predicted molar refractivity (Wildman–Crippen MR) is 117 cm³/mol. The van der Waals surface area contributed by atoms with Crippen LogP contribution in [-0.2, 0) is 9.53 Å². The van der Waals surface area contributed by atoms with Crippen LogP contribution in [0, 0.1) is 5.92 Å². The first kappa shape index (κ1) is 19.8. The van der Waals surface area contributed by atoms with Gasteiger partial charge in [-0.3, -0.25) is 9.69 Å². The van der Waals surface area contributed by atoms with Gasteiger partial charge in [-0.15, -0.1) is 0 Å². The lowest BCUT2D eigenvalue weighted by Crippen LogP contribution is -2.35. The van der Waals surface area contributed by atoms with E-state index in [1.165, 1.54) is 11.8 Å². The van der Waals surface area contributed by atoms with Crippen molar-refractivity contribution in [3.63, 3.8) is 0 Å². The molecule has 1 aromatic heterocycles. The largest absolute Gasteiger partial charge is 0.441 e. The Morgan fingerprint density at radius 2 is 1.90 bits per heavy atom. The maximum Gasteiger partial charge on any atom is 0.266 e. The second-order valence-electron chi connectivity index (χ2n) is 7.43. The molecule has 1 amide bonds. The van der Waals surface area contributed by atoms with E-state index in [4.69, 9.17) is 14.1 Å². The van der Waals surface area contributed by atoms with Crippen molar-refractivity contribution in [3.8, 4) is 0 Å². The number of anilines is 1. The van der Waals surface area contributed by atoms with Crippen LogP contribution in [-0.4, -0.2) is 48.8 Å². The molecule has 2 aliphatic rings. The number of hydrogen-bond acceptors (Lipinski definition) is 6. The van der Waals surface area contributed by atoms with E-state index < -0.39 is 0 Å². The molecule has 0 bridgehead atoms. The van der Waals surface area contributed by atoms with Crippen LogP contribution in [0.4, 0.5) is 11.6 Å². The van der Waals surface area contributed by atoms with Crippen molar-refractivity contribution in [3.05, 3.63) is 53.1 Å². The maximum absolute atomic E-state index is 13.0. The Bertz CT molecular complexity index is 914. The second kappa shape index (κ2) is 8.88. The van der Waals surface area contributed by atoms with Gasteiger partial charge in [0, 0.05) is 31.8 Å². The van der Waals surface area contributed by atoms with Gasteiger partial charge >= 0.3 is 0 Å². The third-order valence-corrected chi connectivity index (χ3v) is 5.63. The zero-order valence-corrected chi connectivity index (χ0v) is 17.5. The Morgan fingerprint density at radius 1 is 1.14 bits per heavy atom. The van der Waals surface area contributed by atoms with E-state index in [2.05, 4.69) is 18.7 Å². The highest BCUT2D eigenvalue weighted by atomic mass is 32.2. The SMILES string of the molecule is CC(C)CN1C(=O)/C(=C/c2ccc(N3CCOCC3)o2)SC1=Nc1ccccc1. The van der Waals surface area contributed by atoms with Gasteiger partial charge in [0.1, 0.15) is 5.76 Å². The number of aliphatic imine (C=N–C) groups is 1. The lowest BCUT2D eigenvalue weighted by Gasteiger charge is -2.26. The van der Waals surface area contributed by atoms with E-state index in [1.807, 2.05) is 48.5 Å². The van der Waals surface area contributed by atoms with E-state index in [0.717, 1.165) is 24.7 Å². The summed E-state index contributed by atoms with van der Waals surface area (Å²) >= 11 is 1.40. The Kier molecular flexibility index (Phi) is 6.06. The minimum atomic E-state index is -0.0253. The van der Waals surface area contributed by atoms with Crippen LogP contribution in [0.15, 0.2) is 56.8 Å². The number of hydrogen-bond donors (Lipinski definition) is 0. The predicted octanol–water partition coefficient (Wildman–Crippen LogP) is 4.38. The number of carbonyl (C=O) groups excluding carboxylic acids is 1. The topological polar surface area (TPSA) is 58.3 Å². The first-order chi connectivity index (χ1) is 14.1.